The van der Waals surface area contributed by atoms with Gasteiger partial charge in [0, 0.05) is 22.7 Å². The molecule has 2 N–H and O–H groups in total. The Hall–Kier alpha value is -2.45. The van der Waals surface area contributed by atoms with Crippen molar-refractivity contribution in [3.63, 3.8) is 0 Å². The maximum Gasteiger partial charge on any atom is 0.416 e. The van der Waals surface area contributed by atoms with Gasteiger partial charge in [0.1, 0.15) is 0 Å². The minimum Gasteiger partial charge on any atom is -0.479 e. The van der Waals surface area contributed by atoms with E-state index < -0.39 is 23.8 Å². The van der Waals surface area contributed by atoms with Gasteiger partial charge in [0.25, 0.3) is 0 Å². The van der Waals surface area contributed by atoms with Gasteiger partial charge in [0.2, 0.25) is 0 Å². The van der Waals surface area contributed by atoms with Crippen LogP contribution in [-0.4, -0.2) is 33.1 Å². The van der Waals surface area contributed by atoms with E-state index in [1.807, 2.05) is 6.07 Å². The Morgan fingerprint density at radius 3 is 2.56 bits per heavy atom. The van der Waals surface area contributed by atoms with Crippen LogP contribution in [0.1, 0.15) is 17.2 Å². The van der Waals surface area contributed by atoms with Gasteiger partial charge in [-0.3, -0.25) is 0 Å². The Kier molecular flexibility index (Phi) is 5.48. The second kappa shape index (κ2) is 7.66. The summed E-state index contributed by atoms with van der Waals surface area (Å²) in [4.78, 5) is 12.0. The smallest absolute Gasteiger partial charge is 0.416 e. The molecule has 27 heavy (non-hydrogen) atoms. The zero-order valence-electron chi connectivity index (χ0n) is 14.0. The number of benzene rings is 2. The zero-order valence-corrected chi connectivity index (χ0v) is 14.8. The molecule has 0 bridgehead atoms. The molecule has 0 aliphatic heterocycles. The van der Waals surface area contributed by atoms with Gasteiger partial charge in [0.15, 0.2) is 6.04 Å². The third-order valence-electron chi connectivity index (χ3n) is 4.08. The normalized spacial score (nSPS) is 13.0. The summed E-state index contributed by atoms with van der Waals surface area (Å²) < 4.78 is 40.6. The Labute approximate surface area is 157 Å². The van der Waals surface area contributed by atoms with E-state index in [0.717, 1.165) is 22.9 Å². The summed E-state index contributed by atoms with van der Waals surface area (Å²) in [6, 6.07) is 10.3. The highest BCUT2D eigenvalue weighted by Crippen LogP contribution is 2.36. The lowest BCUT2D eigenvalue weighted by Gasteiger charge is -2.19. The molecule has 1 aromatic heterocycles. The Balaban J connectivity index is 2.18. The highest BCUT2D eigenvalue weighted by Gasteiger charge is 2.33. The van der Waals surface area contributed by atoms with Crippen LogP contribution in [0.2, 0.25) is 0 Å². The summed E-state index contributed by atoms with van der Waals surface area (Å²) in [5.74, 6) is -0.927. The van der Waals surface area contributed by atoms with Crippen LogP contribution in [0.4, 0.5) is 13.2 Å². The van der Waals surface area contributed by atoms with E-state index >= 15 is 0 Å². The van der Waals surface area contributed by atoms with Crippen molar-refractivity contribution in [2.75, 3.05) is 12.4 Å². The van der Waals surface area contributed by atoms with Gasteiger partial charge < -0.3 is 14.8 Å². The number of hydrogen-bond donors (Lipinski definition) is 2. The number of hydrogen-bond acceptors (Lipinski definition) is 3. The van der Waals surface area contributed by atoms with E-state index in [1.54, 1.807) is 24.4 Å². The number of nitrogens with zero attached hydrogens (tertiary/aromatic N) is 1. The molecule has 4 nitrogen and oxygen atoms in total. The molecule has 3 rings (SSSR count). The monoisotopic (exact) mass is 395 g/mol. The second-order valence-electron chi connectivity index (χ2n) is 5.86. The van der Waals surface area contributed by atoms with Gasteiger partial charge in [-0.2, -0.15) is 13.2 Å². The van der Waals surface area contributed by atoms with Gasteiger partial charge in [-0.05, 0) is 17.7 Å². The third-order valence-corrected chi connectivity index (χ3v) is 5.17. The number of rotatable bonds is 6. The van der Waals surface area contributed by atoms with Crippen molar-refractivity contribution in [2.45, 2.75) is 17.2 Å². The van der Waals surface area contributed by atoms with Crippen molar-refractivity contribution >= 4 is 28.5 Å². The molecule has 1 unspecified atom stereocenters. The molecule has 2 aromatic carbocycles. The summed E-state index contributed by atoms with van der Waals surface area (Å²) in [5.41, 5.74) is -0.865. The van der Waals surface area contributed by atoms with Crippen LogP contribution in [-0.2, 0) is 11.0 Å². The molecule has 0 aliphatic carbocycles. The topological polar surface area (TPSA) is 62.5 Å². The summed E-state index contributed by atoms with van der Waals surface area (Å²) in [5, 5.41) is 21.1. The first-order chi connectivity index (χ1) is 12.8. The van der Waals surface area contributed by atoms with Crippen LogP contribution in [0.3, 0.4) is 0 Å². The number of carboxylic acids is 1. The molecular formula is C19H16F3NO3S. The summed E-state index contributed by atoms with van der Waals surface area (Å²) in [6.45, 7) is -0.106. The minimum atomic E-state index is -4.56. The summed E-state index contributed by atoms with van der Waals surface area (Å²) in [6.07, 6.45) is -2.94. The molecule has 8 heteroatoms. The van der Waals surface area contributed by atoms with Crippen LogP contribution in [0, 0.1) is 0 Å². The van der Waals surface area contributed by atoms with Crippen LogP contribution in [0.15, 0.2) is 59.8 Å². The Bertz CT molecular complexity index is 968. The molecule has 0 radical (unpaired) electrons. The predicted molar refractivity (Wildman–Crippen MR) is 97.0 cm³/mol. The van der Waals surface area contributed by atoms with Crippen LogP contribution < -0.4 is 0 Å². The number of halogens is 3. The molecule has 0 amide bonds. The van der Waals surface area contributed by atoms with E-state index in [9.17, 15) is 23.1 Å². The fourth-order valence-corrected chi connectivity index (χ4v) is 3.88. The van der Waals surface area contributed by atoms with Crippen LogP contribution >= 0.6 is 11.8 Å². The van der Waals surface area contributed by atoms with Crippen molar-refractivity contribution < 1.29 is 28.2 Å². The number of aliphatic hydroxyl groups is 1. The SMILES string of the molecule is O=C(O)C(c1cccc(C(F)(F)F)c1)n1cc2ccccc2c1SCCO. The molecule has 3 aromatic rings. The van der Waals surface area contributed by atoms with Crippen molar-refractivity contribution in [3.8, 4) is 0 Å². The lowest BCUT2D eigenvalue weighted by molar-refractivity contribution is -0.140. The van der Waals surface area contributed by atoms with Gasteiger partial charge in [-0.25, -0.2) is 4.79 Å². The summed E-state index contributed by atoms with van der Waals surface area (Å²) >= 11 is 1.26. The molecule has 0 fully saturated rings. The fraction of sp³-hybridized carbons (Fsp3) is 0.211. The number of aliphatic carboxylic acids is 1. The van der Waals surface area contributed by atoms with Crippen LogP contribution in [0.25, 0.3) is 10.8 Å². The lowest BCUT2D eigenvalue weighted by Crippen LogP contribution is -2.21. The van der Waals surface area contributed by atoms with Crippen molar-refractivity contribution in [1.29, 1.82) is 0 Å². The van der Waals surface area contributed by atoms with E-state index in [-0.39, 0.29) is 12.2 Å². The van der Waals surface area contributed by atoms with Gasteiger partial charge >= 0.3 is 12.1 Å². The largest absolute Gasteiger partial charge is 0.479 e. The maximum absolute atomic E-state index is 13.1. The standard InChI is InChI=1S/C19H16F3NO3S/c20-19(21,22)14-6-3-5-12(10-14)16(18(25)26)23-11-13-4-1-2-7-15(13)17(23)27-9-8-24/h1-7,10-11,16,24H,8-9H2,(H,25,26). The minimum absolute atomic E-state index is 0.0310. The first-order valence-corrected chi connectivity index (χ1v) is 9.04. The van der Waals surface area contributed by atoms with E-state index in [1.165, 1.54) is 28.5 Å². The molecule has 0 spiro atoms. The number of carbonyl (C=O) groups is 1. The molecule has 142 valence electrons. The molecule has 0 saturated heterocycles. The summed E-state index contributed by atoms with van der Waals surface area (Å²) in [7, 11) is 0. The molecule has 1 atom stereocenters. The maximum atomic E-state index is 13.1. The van der Waals surface area contributed by atoms with Crippen molar-refractivity contribution in [3.05, 3.63) is 65.9 Å². The molecule has 0 saturated carbocycles. The first kappa shape index (κ1) is 19.3. The first-order valence-electron chi connectivity index (χ1n) is 8.06. The highest BCUT2D eigenvalue weighted by molar-refractivity contribution is 7.99. The van der Waals surface area contributed by atoms with E-state index in [2.05, 4.69) is 0 Å². The zero-order chi connectivity index (χ0) is 19.6. The van der Waals surface area contributed by atoms with E-state index in [0.29, 0.717) is 10.8 Å². The van der Waals surface area contributed by atoms with Crippen molar-refractivity contribution in [1.82, 2.24) is 4.57 Å². The Morgan fingerprint density at radius 1 is 1.15 bits per heavy atom. The number of aliphatic hydroxyl groups excluding tert-OH is 1. The van der Waals surface area contributed by atoms with E-state index in [4.69, 9.17) is 5.11 Å². The number of fused-ring (bicyclic) bond motifs is 1. The quantitative estimate of drug-likeness (QED) is 0.607. The van der Waals surface area contributed by atoms with Crippen molar-refractivity contribution in [2.24, 2.45) is 0 Å². The second-order valence-corrected chi connectivity index (χ2v) is 6.95. The number of aromatic nitrogens is 1. The molecule has 1 heterocycles. The lowest BCUT2D eigenvalue weighted by atomic mass is 10.0. The highest BCUT2D eigenvalue weighted by atomic mass is 32.2. The number of alkyl halides is 3. The predicted octanol–water partition coefficient (Wildman–Crippen LogP) is 4.42. The van der Waals surface area contributed by atoms with Crippen LogP contribution in [0.5, 0.6) is 0 Å². The van der Waals surface area contributed by atoms with Gasteiger partial charge in [0.05, 0.1) is 17.2 Å². The average Bonchev–Trinajstić information content (AvgIpc) is 2.97. The molecular weight excluding hydrogens is 379 g/mol. The third kappa shape index (κ3) is 3.96. The fourth-order valence-electron chi connectivity index (χ4n) is 2.95. The number of carboxylic acid groups (broad SMARTS) is 1. The van der Waals surface area contributed by atoms with Gasteiger partial charge in [-0.15, -0.1) is 11.8 Å². The molecule has 0 aliphatic rings. The average molecular weight is 395 g/mol. The number of thioether (sulfide) groups is 1. The Morgan fingerprint density at radius 2 is 1.89 bits per heavy atom. The van der Waals surface area contributed by atoms with Gasteiger partial charge in [-0.1, -0.05) is 36.4 Å².